The normalized spacial score (nSPS) is 10.5. The second-order valence-electron chi connectivity index (χ2n) is 3.48. The Morgan fingerprint density at radius 3 is 2.47 bits per heavy atom. The second-order valence-corrected chi connectivity index (χ2v) is 3.48. The molecule has 1 amide bonds. The highest BCUT2D eigenvalue weighted by atomic mass is 16.5. The van der Waals surface area contributed by atoms with E-state index in [1.165, 1.54) is 0 Å². The molecule has 17 heavy (non-hydrogen) atoms. The molecule has 0 saturated heterocycles. The molecule has 102 valence electrons. The fourth-order valence-corrected chi connectivity index (χ4v) is 1.10. The zero-order chi connectivity index (χ0) is 12.8. The molecule has 0 radical (unpaired) electrons. The van der Waals surface area contributed by atoms with Gasteiger partial charge in [-0.3, -0.25) is 4.79 Å². The molecular formula is C11H24N2O4. The van der Waals surface area contributed by atoms with Gasteiger partial charge in [-0.1, -0.05) is 0 Å². The molecule has 6 nitrogen and oxygen atoms in total. The maximum atomic E-state index is 11.3. The highest BCUT2D eigenvalue weighted by molar-refractivity contribution is 5.77. The summed E-state index contributed by atoms with van der Waals surface area (Å²) in [5, 5.41) is 5.78. The smallest absolute Gasteiger partial charge is 0.233 e. The van der Waals surface area contributed by atoms with Crippen LogP contribution < -0.4 is 10.6 Å². The molecule has 0 bridgehead atoms. The zero-order valence-electron chi connectivity index (χ0n) is 10.8. The minimum atomic E-state index is -0.00186. The Hall–Kier alpha value is -0.690. The topological polar surface area (TPSA) is 68.8 Å². The molecule has 0 heterocycles. The van der Waals surface area contributed by atoms with Crippen molar-refractivity contribution in [3.05, 3.63) is 0 Å². The average Bonchev–Trinajstić information content (AvgIpc) is 2.33. The highest BCUT2D eigenvalue weighted by Gasteiger charge is 1.98. The first-order valence-electron chi connectivity index (χ1n) is 5.84. The van der Waals surface area contributed by atoms with Crippen molar-refractivity contribution >= 4 is 5.91 Å². The van der Waals surface area contributed by atoms with Crippen molar-refractivity contribution in [1.29, 1.82) is 0 Å². The van der Waals surface area contributed by atoms with Gasteiger partial charge in [-0.15, -0.1) is 0 Å². The summed E-state index contributed by atoms with van der Waals surface area (Å²) in [6.07, 6.45) is 0.836. The fourth-order valence-electron chi connectivity index (χ4n) is 1.10. The lowest BCUT2D eigenvalue weighted by molar-refractivity contribution is -0.120. The monoisotopic (exact) mass is 248 g/mol. The van der Waals surface area contributed by atoms with E-state index in [1.807, 2.05) is 0 Å². The van der Waals surface area contributed by atoms with Gasteiger partial charge in [0.15, 0.2) is 0 Å². The number of methoxy groups -OCH3 is 2. The molecule has 6 heteroatoms. The summed E-state index contributed by atoms with van der Waals surface area (Å²) in [5.41, 5.74) is 0. The molecule has 0 aliphatic rings. The molecule has 0 aromatic carbocycles. The summed E-state index contributed by atoms with van der Waals surface area (Å²) in [7, 11) is 3.28. The molecule has 0 aliphatic carbocycles. The number of hydrogen-bond donors (Lipinski definition) is 2. The minimum Gasteiger partial charge on any atom is -0.385 e. The number of carbonyl (C=O) groups excluding carboxylic acids is 1. The molecule has 0 aromatic heterocycles. The van der Waals surface area contributed by atoms with Crippen molar-refractivity contribution in [1.82, 2.24) is 10.6 Å². The summed E-state index contributed by atoms with van der Waals surface area (Å²) >= 11 is 0. The molecule has 0 atom stereocenters. The Balaban J connectivity index is 3.11. The third-order valence-corrected chi connectivity index (χ3v) is 1.99. The van der Waals surface area contributed by atoms with Crippen LogP contribution in [0.15, 0.2) is 0 Å². The lowest BCUT2D eigenvalue weighted by Gasteiger charge is -2.07. The highest BCUT2D eigenvalue weighted by Crippen LogP contribution is 1.77. The van der Waals surface area contributed by atoms with Crippen LogP contribution in [-0.4, -0.2) is 66.2 Å². The SMILES string of the molecule is COCCCNC(=O)CNCCOCCOC. The van der Waals surface area contributed by atoms with Crippen molar-refractivity contribution in [3.63, 3.8) is 0 Å². The van der Waals surface area contributed by atoms with Gasteiger partial charge in [0.05, 0.1) is 26.4 Å². The van der Waals surface area contributed by atoms with Crippen LogP contribution in [0.3, 0.4) is 0 Å². The van der Waals surface area contributed by atoms with E-state index in [-0.39, 0.29) is 5.91 Å². The largest absolute Gasteiger partial charge is 0.385 e. The second kappa shape index (κ2) is 13.4. The Morgan fingerprint density at radius 1 is 1.00 bits per heavy atom. The third kappa shape index (κ3) is 13.2. The molecule has 0 saturated carbocycles. The van der Waals surface area contributed by atoms with E-state index >= 15 is 0 Å². The first-order valence-corrected chi connectivity index (χ1v) is 5.84. The number of rotatable bonds is 12. The van der Waals surface area contributed by atoms with Crippen LogP contribution in [0.25, 0.3) is 0 Å². The van der Waals surface area contributed by atoms with Gasteiger partial charge in [0.2, 0.25) is 5.91 Å². The van der Waals surface area contributed by atoms with Crippen molar-refractivity contribution in [2.75, 3.05) is 60.3 Å². The summed E-state index contributed by atoms with van der Waals surface area (Å²) < 4.78 is 14.9. The fraction of sp³-hybridized carbons (Fsp3) is 0.909. The average molecular weight is 248 g/mol. The van der Waals surface area contributed by atoms with Crippen molar-refractivity contribution in [2.45, 2.75) is 6.42 Å². The van der Waals surface area contributed by atoms with Crippen molar-refractivity contribution in [3.8, 4) is 0 Å². The first-order chi connectivity index (χ1) is 8.31. The van der Waals surface area contributed by atoms with E-state index in [0.717, 1.165) is 6.42 Å². The van der Waals surface area contributed by atoms with Gasteiger partial charge in [-0.25, -0.2) is 0 Å². The Morgan fingerprint density at radius 2 is 1.76 bits per heavy atom. The Bertz CT molecular complexity index is 179. The van der Waals surface area contributed by atoms with Gasteiger partial charge in [0.1, 0.15) is 0 Å². The Kier molecular flexibility index (Phi) is 12.8. The van der Waals surface area contributed by atoms with E-state index in [1.54, 1.807) is 14.2 Å². The van der Waals surface area contributed by atoms with Crippen LogP contribution in [0.5, 0.6) is 0 Å². The molecule has 0 aromatic rings. The van der Waals surface area contributed by atoms with Gasteiger partial charge in [-0.05, 0) is 6.42 Å². The number of hydrogen-bond acceptors (Lipinski definition) is 5. The van der Waals surface area contributed by atoms with E-state index in [9.17, 15) is 4.79 Å². The maximum Gasteiger partial charge on any atom is 0.233 e. The van der Waals surface area contributed by atoms with E-state index in [2.05, 4.69) is 10.6 Å². The van der Waals surface area contributed by atoms with Crippen LogP contribution in [0.1, 0.15) is 6.42 Å². The van der Waals surface area contributed by atoms with Crippen LogP contribution in [0, 0.1) is 0 Å². The lowest BCUT2D eigenvalue weighted by atomic mass is 10.4. The molecule has 2 N–H and O–H groups in total. The Labute approximate surface area is 103 Å². The van der Waals surface area contributed by atoms with Gasteiger partial charge in [0.25, 0.3) is 0 Å². The van der Waals surface area contributed by atoms with Crippen LogP contribution in [0.2, 0.25) is 0 Å². The first kappa shape index (κ1) is 16.3. The van der Waals surface area contributed by atoms with Gasteiger partial charge in [0, 0.05) is 33.9 Å². The van der Waals surface area contributed by atoms with Gasteiger partial charge in [-0.2, -0.15) is 0 Å². The molecule has 0 aliphatic heterocycles. The number of amides is 1. The third-order valence-electron chi connectivity index (χ3n) is 1.99. The minimum absolute atomic E-state index is 0.00186. The summed E-state index contributed by atoms with van der Waals surface area (Å²) in [4.78, 5) is 11.3. The van der Waals surface area contributed by atoms with E-state index in [4.69, 9.17) is 14.2 Å². The summed E-state index contributed by atoms with van der Waals surface area (Å²) in [6.45, 7) is 4.07. The van der Waals surface area contributed by atoms with Crippen molar-refractivity contribution < 1.29 is 19.0 Å². The lowest BCUT2D eigenvalue weighted by Crippen LogP contribution is -2.36. The zero-order valence-corrected chi connectivity index (χ0v) is 10.8. The predicted octanol–water partition coefficient (Wildman–Crippen LogP) is -0.608. The van der Waals surface area contributed by atoms with Crippen LogP contribution in [0.4, 0.5) is 0 Å². The number of nitrogens with one attached hydrogen (secondary N) is 2. The summed E-state index contributed by atoms with van der Waals surface area (Å²) in [5.74, 6) is -0.00186. The maximum absolute atomic E-state index is 11.3. The van der Waals surface area contributed by atoms with Crippen molar-refractivity contribution in [2.24, 2.45) is 0 Å². The van der Waals surface area contributed by atoms with Crippen LogP contribution in [-0.2, 0) is 19.0 Å². The molecular weight excluding hydrogens is 224 g/mol. The number of carbonyl (C=O) groups is 1. The molecule has 0 spiro atoms. The summed E-state index contributed by atoms with van der Waals surface area (Å²) in [6, 6.07) is 0. The molecule has 0 fully saturated rings. The van der Waals surface area contributed by atoms with Gasteiger partial charge >= 0.3 is 0 Å². The van der Waals surface area contributed by atoms with E-state index in [0.29, 0.717) is 46.1 Å². The van der Waals surface area contributed by atoms with Crippen LogP contribution >= 0.6 is 0 Å². The molecule has 0 unspecified atom stereocenters. The quantitative estimate of drug-likeness (QED) is 0.451. The number of ether oxygens (including phenoxy) is 3. The predicted molar refractivity (Wildman–Crippen MR) is 65.1 cm³/mol. The molecule has 0 rings (SSSR count). The van der Waals surface area contributed by atoms with E-state index < -0.39 is 0 Å². The standard InChI is InChI=1S/C11H24N2O4/c1-15-6-3-4-13-11(14)10-12-5-7-17-9-8-16-2/h12H,3-10H2,1-2H3,(H,13,14). The van der Waals surface area contributed by atoms with Gasteiger partial charge < -0.3 is 24.8 Å².